The number of fused-ring (bicyclic) bond motifs is 1. The van der Waals surface area contributed by atoms with Crippen LogP contribution in [0.3, 0.4) is 0 Å². The van der Waals surface area contributed by atoms with Crippen molar-refractivity contribution in [3.8, 4) is 0 Å². The number of amides is 1. The Kier molecular flexibility index (Phi) is 3.43. The Morgan fingerprint density at radius 3 is 2.95 bits per heavy atom. The number of halogens is 2. The second-order valence-corrected chi connectivity index (χ2v) is 6.07. The summed E-state index contributed by atoms with van der Waals surface area (Å²) in [5.74, 6) is 0.0243. The molecule has 1 aliphatic carbocycles. The molecule has 2 aromatic rings. The maximum Gasteiger partial charge on any atom is 0.266 e. The van der Waals surface area contributed by atoms with Crippen molar-refractivity contribution in [2.75, 3.05) is 5.32 Å². The van der Waals surface area contributed by atoms with E-state index in [2.05, 4.69) is 15.3 Å². The van der Waals surface area contributed by atoms with Crippen LogP contribution >= 0.6 is 34.5 Å². The Hall–Kier alpha value is -1.17. The fourth-order valence-corrected chi connectivity index (χ4v) is 3.47. The molecular formula is C12H9Cl2N3OS. The first-order valence-corrected chi connectivity index (χ1v) is 7.31. The highest BCUT2D eigenvalue weighted by molar-refractivity contribution is 7.14. The summed E-state index contributed by atoms with van der Waals surface area (Å²) in [7, 11) is 0. The average Bonchev–Trinajstić information content (AvgIpc) is 2.95. The summed E-state index contributed by atoms with van der Waals surface area (Å²) >= 11 is 13.2. The number of carbonyl (C=O) groups is 1. The van der Waals surface area contributed by atoms with Crippen LogP contribution in [0.5, 0.6) is 0 Å². The van der Waals surface area contributed by atoms with E-state index < -0.39 is 0 Å². The molecule has 4 nitrogen and oxygen atoms in total. The van der Waals surface area contributed by atoms with Crippen molar-refractivity contribution in [2.45, 2.75) is 19.3 Å². The molecule has 0 saturated carbocycles. The Morgan fingerprint density at radius 1 is 1.32 bits per heavy atom. The molecular weight excluding hydrogens is 305 g/mol. The molecule has 0 aromatic carbocycles. The Labute approximate surface area is 123 Å². The quantitative estimate of drug-likeness (QED) is 0.862. The number of hydrogen-bond donors (Lipinski definition) is 1. The van der Waals surface area contributed by atoms with Gasteiger partial charge in [0.05, 0.1) is 4.88 Å². The Morgan fingerprint density at radius 2 is 2.16 bits per heavy atom. The minimum Gasteiger partial charge on any atom is -0.304 e. The van der Waals surface area contributed by atoms with Crippen LogP contribution in [0.1, 0.15) is 26.5 Å². The molecule has 0 radical (unpaired) electrons. The normalized spacial score (nSPS) is 13.4. The van der Waals surface area contributed by atoms with E-state index in [1.807, 2.05) is 6.07 Å². The largest absolute Gasteiger partial charge is 0.304 e. The molecule has 0 unspecified atom stereocenters. The second kappa shape index (κ2) is 5.07. The lowest BCUT2D eigenvalue weighted by molar-refractivity contribution is 0.103. The summed E-state index contributed by atoms with van der Waals surface area (Å²) < 4.78 is 0. The van der Waals surface area contributed by atoms with Gasteiger partial charge in [0.2, 0.25) is 0 Å². The van der Waals surface area contributed by atoms with Crippen molar-refractivity contribution in [1.29, 1.82) is 0 Å². The molecule has 19 heavy (non-hydrogen) atoms. The van der Waals surface area contributed by atoms with Gasteiger partial charge in [-0.25, -0.2) is 9.97 Å². The smallest absolute Gasteiger partial charge is 0.266 e. The van der Waals surface area contributed by atoms with E-state index in [1.54, 1.807) is 0 Å². The lowest BCUT2D eigenvalue weighted by Gasteiger charge is -2.04. The molecule has 7 heteroatoms. The highest BCUT2D eigenvalue weighted by Gasteiger charge is 2.19. The van der Waals surface area contributed by atoms with Gasteiger partial charge in [0.15, 0.2) is 11.0 Å². The highest BCUT2D eigenvalue weighted by Crippen LogP contribution is 2.31. The summed E-state index contributed by atoms with van der Waals surface area (Å²) in [5.41, 5.74) is 1.28. The van der Waals surface area contributed by atoms with E-state index in [0.29, 0.717) is 4.88 Å². The standard InChI is InChI=1S/C12H9Cl2N3OS/c13-9-10(14)15-5-16-11(9)17-12(18)8-4-6-2-1-3-7(6)19-8/h4-5H,1-3H2,(H,15,16,17,18). The molecule has 1 N–H and O–H groups in total. The molecule has 0 atom stereocenters. The highest BCUT2D eigenvalue weighted by atomic mass is 35.5. The first-order valence-electron chi connectivity index (χ1n) is 5.74. The van der Waals surface area contributed by atoms with E-state index in [1.165, 1.54) is 34.5 Å². The minimum absolute atomic E-state index is 0.126. The number of nitrogens with one attached hydrogen (secondary N) is 1. The third-order valence-electron chi connectivity index (χ3n) is 2.95. The van der Waals surface area contributed by atoms with Crippen LogP contribution in [0, 0.1) is 0 Å². The predicted molar refractivity (Wildman–Crippen MR) is 76.3 cm³/mol. The van der Waals surface area contributed by atoms with Crippen LogP contribution in [0.15, 0.2) is 12.4 Å². The molecule has 0 aliphatic heterocycles. The van der Waals surface area contributed by atoms with Crippen molar-refractivity contribution in [3.63, 3.8) is 0 Å². The number of anilines is 1. The number of nitrogens with zero attached hydrogens (tertiary/aromatic N) is 2. The number of thiophene rings is 1. The van der Waals surface area contributed by atoms with Crippen LogP contribution in [0.2, 0.25) is 10.2 Å². The van der Waals surface area contributed by atoms with Crippen LogP contribution in [-0.4, -0.2) is 15.9 Å². The number of aromatic nitrogens is 2. The molecule has 0 bridgehead atoms. The fraction of sp³-hybridized carbons (Fsp3) is 0.250. The molecule has 1 aliphatic rings. The van der Waals surface area contributed by atoms with Gasteiger partial charge in [0, 0.05) is 4.88 Å². The number of rotatable bonds is 2. The molecule has 0 spiro atoms. The average molecular weight is 314 g/mol. The van der Waals surface area contributed by atoms with Crippen molar-refractivity contribution < 1.29 is 4.79 Å². The third-order valence-corrected chi connectivity index (χ3v) is 4.93. The zero-order valence-electron chi connectivity index (χ0n) is 9.74. The lowest BCUT2D eigenvalue weighted by atomic mass is 10.2. The topological polar surface area (TPSA) is 54.9 Å². The third kappa shape index (κ3) is 2.45. The van der Waals surface area contributed by atoms with E-state index in [4.69, 9.17) is 23.2 Å². The van der Waals surface area contributed by atoms with Crippen LogP contribution in [0.25, 0.3) is 0 Å². The Bertz CT molecular complexity index is 635. The number of carbonyl (C=O) groups excluding carboxylic acids is 1. The second-order valence-electron chi connectivity index (χ2n) is 4.19. The SMILES string of the molecule is O=C(Nc1ncnc(Cl)c1Cl)c1cc2c(s1)CCC2. The van der Waals surface area contributed by atoms with Gasteiger partial charge in [0.1, 0.15) is 11.3 Å². The van der Waals surface area contributed by atoms with Crippen LogP contribution in [-0.2, 0) is 12.8 Å². The van der Waals surface area contributed by atoms with Gasteiger partial charge in [-0.3, -0.25) is 4.79 Å². The van der Waals surface area contributed by atoms with Gasteiger partial charge < -0.3 is 5.32 Å². The summed E-state index contributed by atoms with van der Waals surface area (Å²) in [5, 5.41) is 2.94. The molecule has 3 rings (SSSR count). The monoisotopic (exact) mass is 313 g/mol. The lowest BCUT2D eigenvalue weighted by Crippen LogP contribution is -2.12. The van der Waals surface area contributed by atoms with E-state index in [9.17, 15) is 4.79 Å². The molecule has 0 saturated heterocycles. The first kappa shape index (κ1) is 12.8. The predicted octanol–water partition coefficient (Wildman–Crippen LogP) is 3.59. The number of aryl methyl sites for hydroxylation is 2. The summed E-state index contributed by atoms with van der Waals surface area (Å²) in [4.78, 5) is 21.7. The van der Waals surface area contributed by atoms with E-state index >= 15 is 0 Å². The van der Waals surface area contributed by atoms with Crippen molar-refractivity contribution in [1.82, 2.24) is 9.97 Å². The fourth-order valence-electron chi connectivity index (χ4n) is 2.05. The summed E-state index contributed by atoms with van der Waals surface area (Å²) in [6.07, 6.45) is 4.56. The molecule has 1 amide bonds. The van der Waals surface area contributed by atoms with Gasteiger partial charge in [-0.15, -0.1) is 11.3 Å². The van der Waals surface area contributed by atoms with Crippen LogP contribution in [0.4, 0.5) is 5.82 Å². The summed E-state index contributed by atoms with van der Waals surface area (Å²) in [6, 6.07) is 1.94. The first-order chi connectivity index (χ1) is 9.15. The zero-order chi connectivity index (χ0) is 13.4. The van der Waals surface area contributed by atoms with Crippen molar-refractivity contribution in [3.05, 3.63) is 37.9 Å². The van der Waals surface area contributed by atoms with E-state index in [-0.39, 0.29) is 21.9 Å². The minimum atomic E-state index is -0.212. The molecule has 2 heterocycles. The van der Waals surface area contributed by atoms with Gasteiger partial charge >= 0.3 is 0 Å². The molecule has 98 valence electrons. The maximum absolute atomic E-state index is 12.1. The molecule has 2 aromatic heterocycles. The zero-order valence-corrected chi connectivity index (χ0v) is 12.1. The number of hydrogen-bond acceptors (Lipinski definition) is 4. The van der Waals surface area contributed by atoms with Crippen molar-refractivity contribution >= 4 is 46.3 Å². The van der Waals surface area contributed by atoms with Gasteiger partial charge in [-0.05, 0) is 30.9 Å². The van der Waals surface area contributed by atoms with Crippen LogP contribution < -0.4 is 5.32 Å². The van der Waals surface area contributed by atoms with Gasteiger partial charge in [-0.1, -0.05) is 23.2 Å². The van der Waals surface area contributed by atoms with Gasteiger partial charge in [-0.2, -0.15) is 0 Å². The Balaban J connectivity index is 1.82. The maximum atomic E-state index is 12.1. The van der Waals surface area contributed by atoms with Gasteiger partial charge in [0.25, 0.3) is 5.91 Å². The summed E-state index contributed by atoms with van der Waals surface area (Å²) in [6.45, 7) is 0. The van der Waals surface area contributed by atoms with E-state index in [0.717, 1.165) is 12.8 Å². The molecule has 0 fully saturated rings. The van der Waals surface area contributed by atoms with Crippen molar-refractivity contribution in [2.24, 2.45) is 0 Å².